The van der Waals surface area contributed by atoms with Crippen LogP contribution in [0.1, 0.15) is 27.3 Å². The van der Waals surface area contributed by atoms with Crippen LogP contribution in [0.4, 0.5) is 0 Å². The molecule has 0 saturated heterocycles. The fraction of sp³-hybridized carbons (Fsp3) is 0.300. The summed E-state index contributed by atoms with van der Waals surface area (Å²) in [5.41, 5.74) is 2.39. The maximum Gasteiger partial charge on any atom is 0.337 e. The number of aryl methyl sites for hydroxylation is 3. The molecule has 0 unspecified atom stereocenters. The van der Waals surface area contributed by atoms with Crippen LogP contribution in [-0.4, -0.2) is 21.2 Å². The smallest absolute Gasteiger partial charge is 0.337 e. The Labute approximate surface area is 85.7 Å². The van der Waals surface area contributed by atoms with Crippen LogP contribution in [0.3, 0.4) is 0 Å². The number of fused-ring (bicyclic) bond motifs is 1. The molecule has 0 spiro atoms. The van der Waals surface area contributed by atoms with E-state index in [-0.39, 0.29) is 5.56 Å². The van der Waals surface area contributed by atoms with Crippen LogP contribution in [0.15, 0.2) is 4.52 Å². The molecule has 2 rings (SSSR count). The van der Waals surface area contributed by atoms with Crippen molar-refractivity contribution in [1.82, 2.24) is 10.1 Å². The van der Waals surface area contributed by atoms with Gasteiger partial charge in [0.15, 0.2) is 0 Å². The number of aromatic carboxylic acids is 1. The van der Waals surface area contributed by atoms with Gasteiger partial charge in [-0.1, -0.05) is 5.16 Å². The van der Waals surface area contributed by atoms with E-state index in [1.165, 1.54) is 0 Å². The molecule has 0 aliphatic carbocycles. The lowest BCUT2D eigenvalue weighted by atomic mass is 10.0. The summed E-state index contributed by atoms with van der Waals surface area (Å²) >= 11 is 0. The van der Waals surface area contributed by atoms with Crippen molar-refractivity contribution >= 4 is 17.1 Å². The molecule has 0 aliphatic rings. The number of nitrogens with zero attached hydrogens (tertiary/aromatic N) is 2. The molecule has 2 heterocycles. The van der Waals surface area contributed by atoms with Gasteiger partial charge in [0.05, 0.1) is 22.3 Å². The third kappa shape index (κ3) is 1.27. The van der Waals surface area contributed by atoms with Gasteiger partial charge in [0.1, 0.15) is 0 Å². The SMILES string of the molecule is Cc1nc2onc(C)c2c(C)c1C(=O)O. The minimum Gasteiger partial charge on any atom is -0.478 e. The van der Waals surface area contributed by atoms with Gasteiger partial charge in [-0.25, -0.2) is 9.78 Å². The zero-order chi connectivity index (χ0) is 11.2. The van der Waals surface area contributed by atoms with Crippen LogP contribution in [0.25, 0.3) is 11.1 Å². The Morgan fingerprint density at radius 2 is 1.93 bits per heavy atom. The molecule has 0 aliphatic heterocycles. The predicted octanol–water partition coefficient (Wildman–Crippen LogP) is 1.85. The van der Waals surface area contributed by atoms with Crippen LogP contribution in [-0.2, 0) is 0 Å². The highest BCUT2D eigenvalue weighted by Gasteiger charge is 2.19. The molecule has 15 heavy (non-hydrogen) atoms. The Balaban J connectivity index is 2.93. The number of aromatic nitrogens is 2. The highest BCUT2D eigenvalue weighted by molar-refractivity contribution is 5.96. The summed E-state index contributed by atoms with van der Waals surface area (Å²) in [5, 5.41) is 13.5. The van der Waals surface area contributed by atoms with Crippen molar-refractivity contribution < 1.29 is 14.4 Å². The lowest BCUT2D eigenvalue weighted by Gasteiger charge is -2.04. The molecular formula is C10H10N2O3. The van der Waals surface area contributed by atoms with Gasteiger partial charge in [0.25, 0.3) is 5.71 Å². The Hall–Kier alpha value is -1.91. The summed E-state index contributed by atoms with van der Waals surface area (Å²) in [4.78, 5) is 15.1. The van der Waals surface area contributed by atoms with Gasteiger partial charge in [0.2, 0.25) is 0 Å². The summed E-state index contributed by atoms with van der Waals surface area (Å²) < 4.78 is 4.99. The van der Waals surface area contributed by atoms with Crippen molar-refractivity contribution in [3.05, 3.63) is 22.5 Å². The summed E-state index contributed by atoms with van der Waals surface area (Å²) in [6.07, 6.45) is 0. The average molecular weight is 206 g/mol. The van der Waals surface area contributed by atoms with Crippen LogP contribution < -0.4 is 0 Å². The number of carboxylic acids is 1. The molecule has 2 aromatic rings. The fourth-order valence-electron chi connectivity index (χ4n) is 1.79. The number of pyridine rings is 1. The van der Waals surface area contributed by atoms with E-state index in [9.17, 15) is 4.79 Å². The number of hydrogen-bond donors (Lipinski definition) is 1. The van der Waals surface area contributed by atoms with Gasteiger partial charge in [-0.3, -0.25) is 0 Å². The molecule has 0 fully saturated rings. The minimum atomic E-state index is -0.972. The van der Waals surface area contributed by atoms with Gasteiger partial charge >= 0.3 is 5.97 Å². The largest absolute Gasteiger partial charge is 0.478 e. The van der Waals surface area contributed by atoms with E-state index in [0.717, 1.165) is 0 Å². The van der Waals surface area contributed by atoms with E-state index >= 15 is 0 Å². The zero-order valence-electron chi connectivity index (χ0n) is 8.66. The molecule has 5 heteroatoms. The van der Waals surface area contributed by atoms with Crippen molar-refractivity contribution in [3.63, 3.8) is 0 Å². The molecular weight excluding hydrogens is 196 g/mol. The quantitative estimate of drug-likeness (QED) is 0.770. The lowest BCUT2D eigenvalue weighted by molar-refractivity contribution is 0.0695. The molecule has 5 nitrogen and oxygen atoms in total. The molecule has 0 saturated carbocycles. The second kappa shape index (κ2) is 3.05. The molecule has 0 amide bonds. The fourth-order valence-corrected chi connectivity index (χ4v) is 1.79. The topological polar surface area (TPSA) is 76.2 Å². The highest BCUT2D eigenvalue weighted by Crippen LogP contribution is 2.24. The first-order valence-electron chi connectivity index (χ1n) is 4.49. The predicted molar refractivity (Wildman–Crippen MR) is 53.0 cm³/mol. The Kier molecular flexibility index (Phi) is 1.96. The van der Waals surface area contributed by atoms with Crippen molar-refractivity contribution in [2.45, 2.75) is 20.8 Å². The molecule has 2 aromatic heterocycles. The highest BCUT2D eigenvalue weighted by atomic mass is 16.5. The monoisotopic (exact) mass is 206 g/mol. The van der Waals surface area contributed by atoms with Gasteiger partial charge in [-0.2, -0.15) is 0 Å². The number of carbonyl (C=O) groups is 1. The van der Waals surface area contributed by atoms with Gasteiger partial charge in [0, 0.05) is 0 Å². The van der Waals surface area contributed by atoms with Crippen molar-refractivity contribution in [2.24, 2.45) is 0 Å². The van der Waals surface area contributed by atoms with E-state index in [2.05, 4.69) is 10.1 Å². The van der Waals surface area contributed by atoms with Crippen LogP contribution in [0.5, 0.6) is 0 Å². The second-order valence-electron chi connectivity index (χ2n) is 3.45. The average Bonchev–Trinajstić information content (AvgIpc) is 2.46. The van der Waals surface area contributed by atoms with E-state index in [1.807, 2.05) is 0 Å². The Morgan fingerprint density at radius 3 is 2.53 bits per heavy atom. The van der Waals surface area contributed by atoms with Crippen molar-refractivity contribution in [3.8, 4) is 0 Å². The molecule has 78 valence electrons. The van der Waals surface area contributed by atoms with Gasteiger partial charge < -0.3 is 9.63 Å². The molecule has 0 radical (unpaired) electrons. The van der Waals surface area contributed by atoms with E-state index in [1.54, 1.807) is 20.8 Å². The van der Waals surface area contributed by atoms with Gasteiger partial charge in [-0.15, -0.1) is 0 Å². The molecule has 0 atom stereocenters. The lowest BCUT2D eigenvalue weighted by Crippen LogP contribution is -2.05. The first-order valence-corrected chi connectivity index (χ1v) is 4.49. The van der Waals surface area contributed by atoms with Crippen LogP contribution >= 0.6 is 0 Å². The summed E-state index contributed by atoms with van der Waals surface area (Å²) in [6, 6.07) is 0. The third-order valence-corrected chi connectivity index (χ3v) is 2.44. The molecule has 0 aromatic carbocycles. The summed E-state index contributed by atoms with van der Waals surface area (Å²) in [5.74, 6) is -0.972. The molecule has 0 bridgehead atoms. The van der Waals surface area contributed by atoms with Crippen LogP contribution in [0, 0.1) is 20.8 Å². The standard InChI is InChI=1S/C10H10N2O3/c1-4-7-6(3)12-15-9(7)11-5(2)8(4)10(13)14/h1-3H3,(H,13,14). The van der Waals surface area contributed by atoms with Crippen molar-refractivity contribution in [1.29, 1.82) is 0 Å². The van der Waals surface area contributed by atoms with E-state index in [0.29, 0.717) is 28.1 Å². The Morgan fingerprint density at radius 1 is 1.27 bits per heavy atom. The first-order chi connectivity index (χ1) is 7.02. The Bertz CT molecular complexity index is 557. The third-order valence-electron chi connectivity index (χ3n) is 2.44. The first kappa shape index (κ1) is 9.64. The number of hydrogen-bond acceptors (Lipinski definition) is 4. The maximum absolute atomic E-state index is 11.0. The second-order valence-corrected chi connectivity index (χ2v) is 3.45. The maximum atomic E-state index is 11.0. The minimum absolute atomic E-state index is 0.230. The zero-order valence-corrected chi connectivity index (χ0v) is 8.66. The molecule has 1 N–H and O–H groups in total. The van der Waals surface area contributed by atoms with Gasteiger partial charge in [-0.05, 0) is 26.3 Å². The van der Waals surface area contributed by atoms with E-state index < -0.39 is 5.97 Å². The van der Waals surface area contributed by atoms with Crippen molar-refractivity contribution in [2.75, 3.05) is 0 Å². The number of carboxylic acid groups (broad SMARTS) is 1. The summed E-state index contributed by atoms with van der Waals surface area (Å²) in [7, 11) is 0. The van der Waals surface area contributed by atoms with Crippen LogP contribution in [0.2, 0.25) is 0 Å². The summed E-state index contributed by atoms with van der Waals surface area (Å²) in [6.45, 7) is 5.15. The normalized spacial score (nSPS) is 10.9. The number of rotatable bonds is 1. The van der Waals surface area contributed by atoms with E-state index in [4.69, 9.17) is 9.63 Å².